The van der Waals surface area contributed by atoms with Crippen molar-refractivity contribution in [3.05, 3.63) is 59.6 Å². The second-order valence-corrected chi connectivity index (χ2v) is 9.15. The normalized spacial score (nSPS) is 17.3. The van der Waals surface area contributed by atoms with Crippen molar-refractivity contribution in [3.8, 4) is 17.1 Å². The number of H-pyrrole nitrogens is 1. The lowest BCUT2D eigenvalue weighted by atomic mass is 10.1. The molecule has 1 unspecified atom stereocenters. The minimum Gasteiger partial charge on any atom is -0.491 e. The van der Waals surface area contributed by atoms with Crippen LogP contribution in [-0.2, 0) is 20.7 Å². The van der Waals surface area contributed by atoms with Crippen LogP contribution in [0.5, 0.6) is 5.75 Å². The van der Waals surface area contributed by atoms with Crippen LogP contribution in [0.25, 0.3) is 22.4 Å². The van der Waals surface area contributed by atoms with E-state index in [1.807, 2.05) is 61.7 Å². The van der Waals surface area contributed by atoms with E-state index < -0.39 is 5.79 Å². The molecule has 4 aromatic rings. The predicted molar refractivity (Wildman–Crippen MR) is 126 cm³/mol. The van der Waals surface area contributed by atoms with Gasteiger partial charge in [-0.15, -0.1) is 11.3 Å². The van der Waals surface area contributed by atoms with Crippen LogP contribution < -0.4 is 10.1 Å². The maximum atomic E-state index is 12.4. The molecule has 2 N–H and O–H groups in total. The van der Waals surface area contributed by atoms with E-state index in [4.69, 9.17) is 19.2 Å². The second-order valence-electron chi connectivity index (χ2n) is 8.25. The van der Waals surface area contributed by atoms with Crippen LogP contribution in [0.15, 0.2) is 54.0 Å². The first-order valence-corrected chi connectivity index (χ1v) is 11.6. The summed E-state index contributed by atoms with van der Waals surface area (Å²) in [4.78, 5) is 24.7. The third-order valence-corrected chi connectivity index (χ3v) is 5.93. The average Bonchev–Trinajstić information content (AvgIpc) is 3.53. The molecule has 0 radical (unpaired) electrons. The molecule has 1 fully saturated rings. The Balaban J connectivity index is 1.31. The molecule has 170 valence electrons. The number of aromatic nitrogens is 3. The first-order chi connectivity index (χ1) is 15.9. The number of fused-ring (bicyclic) bond motifs is 1. The van der Waals surface area contributed by atoms with Gasteiger partial charge in [-0.2, -0.15) is 0 Å². The quantitative estimate of drug-likeness (QED) is 0.421. The van der Waals surface area contributed by atoms with Crippen molar-refractivity contribution < 1.29 is 19.0 Å². The van der Waals surface area contributed by atoms with Gasteiger partial charge in [-0.1, -0.05) is 24.3 Å². The van der Waals surface area contributed by atoms with Crippen LogP contribution in [0.2, 0.25) is 0 Å². The maximum Gasteiger partial charge on any atom is 0.230 e. The van der Waals surface area contributed by atoms with Gasteiger partial charge in [0.1, 0.15) is 24.3 Å². The molecule has 5 rings (SSSR count). The van der Waals surface area contributed by atoms with E-state index in [1.165, 1.54) is 11.3 Å². The number of benzene rings is 2. The van der Waals surface area contributed by atoms with Crippen LogP contribution in [0.3, 0.4) is 0 Å². The zero-order chi connectivity index (χ0) is 22.8. The summed E-state index contributed by atoms with van der Waals surface area (Å²) >= 11 is 1.39. The number of ether oxygens (including phenoxy) is 3. The molecule has 8 nitrogen and oxygen atoms in total. The minimum absolute atomic E-state index is 0.104. The number of imidazole rings is 1. The van der Waals surface area contributed by atoms with Crippen LogP contribution >= 0.6 is 11.3 Å². The van der Waals surface area contributed by atoms with Crippen molar-refractivity contribution in [2.75, 3.05) is 18.5 Å². The number of nitrogens with zero attached hydrogens (tertiary/aromatic N) is 2. The molecule has 1 aliphatic rings. The van der Waals surface area contributed by atoms with E-state index in [0.29, 0.717) is 24.2 Å². The Morgan fingerprint density at radius 2 is 2.18 bits per heavy atom. The highest BCUT2D eigenvalue weighted by molar-refractivity contribution is 7.13. The van der Waals surface area contributed by atoms with Crippen molar-refractivity contribution in [1.29, 1.82) is 0 Å². The fourth-order valence-corrected chi connectivity index (χ4v) is 4.31. The molecule has 33 heavy (non-hydrogen) atoms. The number of amides is 1. The number of hydrogen-bond donors (Lipinski definition) is 2. The molecule has 2 aromatic carbocycles. The standard InChI is InChI=1S/C24H24N4O4S/c1-24(2)31-14-18(32-24)13-30-17-7-3-6-16(11-17)22-26-19-8-4-5-15(21(19)28-22)12-20(29)27-23-25-9-10-33-23/h3-11,18H,12-14H2,1-2H3,(H,26,28)(H,25,27,29). The summed E-state index contributed by atoms with van der Waals surface area (Å²) in [5.41, 5.74) is 3.38. The highest BCUT2D eigenvalue weighted by Gasteiger charge is 2.33. The molecule has 0 saturated carbocycles. The second kappa shape index (κ2) is 8.93. The number of para-hydroxylation sites is 1. The van der Waals surface area contributed by atoms with Crippen LogP contribution in [-0.4, -0.2) is 46.0 Å². The van der Waals surface area contributed by atoms with Crippen molar-refractivity contribution in [2.24, 2.45) is 0 Å². The molecule has 1 amide bonds. The molecule has 1 saturated heterocycles. The van der Waals surface area contributed by atoms with Gasteiger partial charge in [-0.25, -0.2) is 9.97 Å². The number of carbonyl (C=O) groups is 1. The van der Waals surface area contributed by atoms with E-state index >= 15 is 0 Å². The lowest BCUT2D eigenvalue weighted by Crippen LogP contribution is -2.25. The largest absolute Gasteiger partial charge is 0.491 e. The van der Waals surface area contributed by atoms with Gasteiger partial charge in [-0.05, 0) is 37.6 Å². The van der Waals surface area contributed by atoms with Crippen LogP contribution in [0.4, 0.5) is 5.13 Å². The highest BCUT2D eigenvalue weighted by Crippen LogP contribution is 2.27. The first-order valence-electron chi connectivity index (χ1n) is 10.7. The number of nitrogens with one attached hydrogen (secondary N) is 2. The molecular weight excluding hydrogens is 440 g/mol. The van der Waals surface area contributed by atoms with Gasteiger partial charge in [0.05, 0.1) is 24.1 Å². The van der Waals surface area contributed by atoms with Crippen molar-refractivity contribution in [3.63, 3.8) is 0 Å². The average molecular weight is 465 g/mol. The van der Waals surface area contributed by atoms with E-state index in [-0.39, 0.29) is 18.4 Å². The summed E-state index contributed by atoms with van der Waals surface area (Å²) in [5.74, 6) is 0.742. The maximum absolute atomic E-state index is 12.4. The fraction of sp³-hybridized carbons (Fsp3) is 0.292. The summed E-state index contributed by atoms with van der Waals surface area (Å²) in [6, 6.07) is 13.5. The number of hydrogen-bond acceptors (Lipinski definition) is 7. The van der Waals surface area contributed by atoms with Gasteiger partial charge in [0.15, 0.2) is 10.9 Å². The summed E-state index contributed by atoms with van der Waals surface area (Å²) in [7, 11) is 0. The zero-order valence-corrected chi connectivity index (χ0v) is 19.1. The molecule has 0 bridgehead atoms. The Morgan fingerprint density at radius 3 is 2.97 bits per heavy atom. The number of rotatable bonds is 7. The minimum atomic E-state index is -0.570. The summed E-state index contributed by atoms with van der Waals surface area (Å²) < 4.78 is 17.3. The molecule has 0 spiro atoms. The molecule has 9 heteroatoms. The lowest BCUT2D eigenvalue weighted by molar-refractivity contribution is -0.141. The van der Waals surface area contributed by atoms with Gasteiger partial charge in [0, 0.05) is 17.1 Å². The number of aromatic amines is 1. The van der Waals surface area contributed by atoms with E-state index in [9.17, 15) is 4.79 Å². The molecule has 2 aromatic heterocycles. The highest BCUT2D eigenvalue weighted by atomic mass is 32.1. The van der Waals surface area contributed by atoms with Gasteiger partial charge < -0.3 is 24.5 Å². The number of anilines is 1. The third kappa shape index (κ3) is 5.05. The summed E-state index contributed by atoms with van der Waals surface area (Å²) in [6.07, 6.45) is 1.77. The van der Waals surface area contributed by atoms with Crippen LogP contribution in [0.1, 0.15) is 19.4 Å². The van der Waals surface area contributed by atoms with E-state index in [1.54, 1.807) is 6.20 Å². The predicted octanol–water partition coefficient (Wildman–Crippen LogP) is 4.40. The fourth-order valence-electron chi connectivity index (χ4n) is 3.76. The van der Waals surface area contributed by atoms with E-state index in [0.717, 1.165) is 27.9 Å². The van der Waals surface area contributed by atoms with Crippen LogP contribution in [0, 0.1) is 0 Å². The molecule has 3 heterocycles. The zero-order valence-electron chi connectivity index (χ0n) is 18.3. The van der Waals surface area contributed by atoms with Gasteiger partial charge in [0.2, 0.25) is 5.91 Å². The topological polar surface area (TPSA) is 98.4 Å². The van der Waals surface area contributed by atoms with Gasteiger partial charge in [-0.3, -0.25) is 4.79 Å². The Labute approximate surface area is 194 Å². The van der Waals surface area contributed by atoms with Gasteiger partial charge in [0.25, 0.3) is 0 Å². The van der Waals surface area contributed by atoms with Gasteiger partial charge >= 0.3 is 0 Å². The van der Waals surface area contributed by atoms with Crippen molar-refractivity contribution in [2.45, 2.75) is 32.2 Å². The van der Waals surface area contributed by atoms with E-state index in [2.05, 4.69) is 15.3 Å². The Bertz CT molecular complexity index is 1270. The SMILES string of the molecule is CC1(C)OCC(COc2cccc(-c3nc4c(CC(=O)Nc5nccs5)cccc4[nH]3)c2)O1. The molecule has 1 aliphatic heterocycles. The number of thiazole rings is 1. The number of carbonyl (C=O) groups excluding carboxylic acids is 1. The smallest absolute Gasteiger partial charge is 0.230 e. The molecule has 0 aliphatic carbocycles. The van der Waals surface area contributed by atoms with Crippen molar-refractivity contribution in [1.82, 2.24) is 15.0 Å². The molecular formula is C24H24N4O4S. The Kier molecular flexibility index (Phi) is 5.84. The first kappa shape index (κ1) is 21.6. The summed E-state index contributed by atoms with van der Waals surface area (Å²) in [5, 5.41) is 5.23. The lowest BCUT2D eigenvalue weighted by Gasteiger charge is -2.17. The third-order valence-electron chi connectivity index (χ3n) is 5.24. The monoisotopic (exact) mass is 464 g/mol. The summed E-state index contributed by atoms with van der Waals surface area (Å²) in [6.45, 7) is 4.71. The molecule has 1 atom stereocenters. The van der Waals surface area contributed by atoms with Crippen molar-refractivity contribution >= 4 is 33.4 Å². The Hall–Kier alpha value is -3.27. The Morgan fingerprint density at radius 1 is 1.30 bits per heavy atom.